The monoisotopic (exact) mass is 426 g/mol. The molecule has 1 atom stereocenters. The van der Waals surface area contributed by atoms with E-state index in [4.69, 9.17) is 16.3 Å². The maximum Gasteiger partial charge on any atom is 0.410 e. The van der Waals surface area contributed by atoms with Gasteiger partial charge in [0.05, 0.1) is 0 Å². The molecule has 8 nitrogen and oxygen atoms in total. The maximum absolute atomic E-state index is 12.9. The number of tetrazole rings is 1. The predicted molar refractivity (Wildman–Crippen MR) is 111 cm³/mol. The first-order chi connectivity index (χ1) is 14.7. The van der Waals surface area contributed by atoms with Gasteiger partial charge in [0.2, 0.25) is 0 Å². The van der Waals surface area contributed by atoms with Crippen LogP contribution in [-0.4, -0.2) is 49.3 Å². The van der Waals surface area contributed by atoms with Crippen molar-refractivity contribution in [1.82, 2.24) is 30.1 Å². The average Bonchev–Trinajstić information content (AvgIpc) is 3.28. The molecule has 0 N–H and O–H groups in total. The normalized spacial score (nSPS) is 15.7. The Bertz CT molecular complexity index is 945. The lowest BCUT2D eigenvalue weighted by Crippen LogP contribution is -2.40. The van der Waals surface area contributed by atoms with Gasteiger partial charge in [-0.15, -0.1) is 10.2 Å². The molecule has 0 aliphatic carbocycles. The van der Waals surface area contributed by atoms with Crippen molar-refractivity contribution in [1.29, 1.82) is 0 Å². The van der Waals surface area contributed by atoms with Gasteiger partial charge in [0, 0.05) is 36.1 Å². The molecular weight excluding hydrogens is 404 g/mol. The minimum absolute atomic E-state index is 0.244. The number of halogens is 1. The smallest absolute Gasteiger partial charge is 0.410 e. The molecule has 0 bridgehead atoms. The molecule has 4 rings (SSSR count). The fraction of sp³-hybridized carbons (Fsp3) is 0.381. The molecule has 1 aliphatic heterocycles. The summed E-state index contributed by atoms with van der Waals surface area (Å²) in [6.45, 7) is 1.59. The van der Waals surface area contributed by atoms with Gasteiger partial charge in [0.25, 0.3) is 0 Å². The lowest BCUT2D eigenvalue weighted by atomic mass is 9.91. The number of rotatable bonds is 6. The van der Waals surface area contributed by atoms with Crippen molar-refractivity contribution in [2.45, 2.75) is 31.9 Å². The van der Waals surface area contributed by atoms with Crippen LogP contribution in [0.3, 0.4) is 0 Å². The highest BCUT2D eigenvalue weighted by atomic mass is 35.5. The molecule has 156 valence electrons. The maximum atomic E-state index is 12.9. The van der Waals surface area contributed by atoms with Gasteiger partial charge in [-0.1, -0.05) is 29.8 Å². The van der Waals surface area contributed by atoms with Gasteiger partial charge in [-0.05, 0) is 54.2 Å². The quantitative estimate of drug-likeness (QED) is 0.599. The number of benzene rings is 1. The summed E-state index contributed by atoms with van der Waals surface area (Å²) in [6.07, 6.45) is 6.93. The first-order valence-electron chi connectivity index (χ1n) is 9.98. The molecule has 3 aromatic rings. The van der Waals surface area contributed by atoms with Gasteiger partial charge in [0.1, 0.15) is 6.54 Å². The zero-order valence-corrected chi connectivity index (χ0v) is 17.2. The number of nitrogens with zero attached hydrogens (tertiary/aromatic N) is 6. The number of carbonyl (C=O) groups excluding carboxylic acids is 1. The Labute approximate surface area is 179 Å². The second-order valence-electron chi connectivity index (χ2n) is 7.37. The minimum atomic E-state index is -0.602. The predicted octanol–water partition coefficient (Wildman–Crippen LogP) is 3.55. The largest absolute Gasteiger partial charge is 0.439 e. The van der Waals surface area contributed by atoms with Crippen LogP contribution >= 0.6 is 11.6 Å². The molecule has 1 fully saturated rings. The lowest BCUT2D eigenvalue weighted by molar-refractivity contribution is 0.0420. The molecule has 0 spiro atoms. The highest BCUT2D eigenvalue weighted by molar-refractivity contribution is 6.31. The highest BCUT2D eigenvalue weighted by Gasteiger charge is 2.28. The molecule has 1 aromatic carbocycles. The number of aromatic nitrogens is 5. The fourth-order valence-corrected chi connectivity index (χ4v) is 3.98. The van der Waals surface area contributed by atoms with E-state index in [0.717, 1.165) is 24.8 Å². The average molecular weight is 427 g/mol. The van der Waals surface area contributed by atoms with E-state index in [1.54, 1.807) is 11.0 Å². The van der Waals surface area contributed by atoms with Crippen molar-refractivity contribution in [2.75, 3.05) is 13.1 Å². The van der Waals surface area contributed by atoms with E-state index < -0.39 is 6.10 Å². The number of ether oxygens (including phenoxy) is 1. The highest BCUT2D eigenvalue weighted by Crippen LogP contribution is 2.28. The number of likely N-dealkylation sites (tertiary alicyclic amines) is 1. The van der Waals surface area contributed by atoms with Crippen LogP contribution in [0, 0.1) is 5.92 Å². The first-order valence-corrected chi connectivity index (χ1v) is 10.4. The number of piperidine rings is 1. The van der Waals surface area contributed by atoms with Crippen molar-refractivity contribution in [3.63, 3.8) is 0 Å². The molecule has 3 heterocycles. The third kappa shape index (κ3) is 5.13. The number of hydrogen-bond donors (Lipinski definition) is 0. The molecule has 1 amide bonds. The fourth-order valence-electron chi connectivity index (χ4n) is 3.72. The SMILES string of the molecule is O=C(OC(Cn1ncnn1)c1ccccc1Cl)N1CCC(Cc2ccncc2)CC1. The zero-order chi connectivity index (χ0) is 20.8. The van der Waals surface area contributed by atoms with Gasteiger partial charge < -0.3 is 9.64 Å². The number of hydrogen-bond acceptors (Lipinski definition) is 6. The Morgan fingerprint density at radius 3 is 2.63 bits per heavy atom. The van der Waals surface area contributed by atoms with Gasteiger partial charge in [0.15, 0.2) is 12.4 Å². The van der Waals surface area contributed by atoms with E-state index in [0.29, 0.717) is 24.0 Å². The third-order valence-electron chi connectivity index (χ3n) is 5.36. The van der Waals surface area contributed by atoms with Crippen LogP contribution < -0.4 is 0 Å². The summed E-state index contributed by atoms with van der Waals surface area (Å²) in [5, 5.41) is 12.2. The van der Waals surface area contributed by atoms with Crippen LogP contribution in [0.1, 0.15) is 30.1 Å². The Morgan fingerprint density at radius 1 is 1.17 bits per heavy atom. The topological polar surface area (TPSA) is 86.0 Å². The summed E-state index contributed by atoms with van der Waals surface area (Å²) in [5.41, 5.74) is 2.00. The molecule has 1 unspecified atom stereocenters. The molecule has 9 heteroatoms. The van der Waals surface area contributed by atoms with Crippen molar-refractivity contribution in [2.24, 2.45) is 5.92 Å². The summed E-state index contributed by atoms with van der Waals surface area (Å²) in [6, 6.07) is 11.4. The van der Waals surface area contributed by atoms with Crippen LogP contribution in [0.2, 0.25) is 5.02 Å². The second-order valence-corrected chi connectivity index (χ2v) is 7.78. The van der Waals surface area contributed by atoms with Crippen LogP contribution in [0.5, 0.6) is 0 Å². The molecule has 2 aromatic heterocycles. The van der Waals surface area contributed by atoms with Crippen LogP contribution in [0.15, 0.2) is 55.1 Å². The first kappa shape index (κ1) is 20.3. The van der Waals surface area contributed by atoms with Gasteiger partial charge in [-0.25, -0.2) is 4.79 Å². The van der Waals surface area contributed by atoms with E-state index in [-0.39, 0.29) is 12.6 Å². The van der Waals surface area contributed by atoms with Crippen molar-refractivity contribution >= 4 is 17.7 Å². The molecular formula is C21H23ClN6O2. The lowest BCUT2D eigenvalue weighted by Gasteiger charge is -2.32. The van der Waals surface area contributed by atoms with E-state index in [9.17, 15) is 4.79 Å². The summed E-state index contributed by atoms with van der Waals surface area (Å²) in [5.74, 6) is 0.551. The zero-order valence-electron chi connectivity index (χ0n) is 16.5. The molecule has 0 saturated carbocycles. The van der Waals surface area contributed by atoms with Crippen LogP contribution in [-0.2, 0) is 17.7 Å². The van der Waals surface area contributed by atoms with Crippen LogP contribution in [0.25, 0.3) is 0 Å². The summed E-state index contributed by atoms with van der Waals surface area (Å²) in [4.78, 5) is 20.1. The summed E-state index contributed by atoms with van der Waals surface area (Å²) < 4.78 is 5.85. The third-order valence-corrected chi connectivity index (χ3v) is 5.71. The van der Waals surface area contributed by atoms with Crippen molar-refractivity contribution < 1.29 is 9.53 Å². The van der Waals surface area contributed by atoms with E-state index >= 15 is 0 Å². The summed E-state index contributed by atoms with van der Waals surface area (Å²) >= 11 is 6.35. The molecule has 0 radical (unpaired) electrons. The summed E-state index contributed by atoms with van der Waals surface area (Å²) in [7, 11) is 0. The molecule has 30 heavy (non-hydrogen) atoms. The Hall–Kier alpha value is -3.00. The standard InChI is InChI=1S/C21H23ClN6O2/c22-19-4-2-1-3-18(19)20(14-28-25-15-24-26-28)30-21(29)27-11-7-17(8-12-27)13-16-5-9-23-10-6-16/h1-6,9-10,15,17,20H,7-8,11-14H2. The minimum Gasteiger partial charge on any atom is -0.439 e. The van der Waals surface area contributed by atoms with E-state index in [1.165, 1.54) is 16.7 Å². The van der Waals surface area contributed by atoms with E-state index in [1.807, 2.05) is 42.7 Å². The second kappa shape index (κ2) is 9.67. The number of pyridine rings is 1. The van der Waals surface area contributed by atoms with Crippen molar-refractivity contribution in [3.05, 3.63) is 71.3 Å². The Kier molecular flexibility index (Phi) is 6.53. The van der Waals surface area contributed by atoms with Gasteiger partial charge >= 0.3 is 6.09 Å². The van der Waals surface area contributed by atoms with Gasteiger partial charge in [-0.2, -0.15) is 4.80 Å². The van der Waals surface area contributed by atoms with Crippen LogP contribution in [0.4, 0.5) is 4.79 Å². The Morgan fingerprint density at radius 2 is 1.93 bits per heavy atom. The molecule has 1 aliphatic rings. The number of carbonyl (C=O) groups is 1. The van der Waals surface area contributed by atoms with Crippen molar-refractivity contribution in [3.8, 4) is 0 Å². The van der Waals surface area contributed by atoms with Gasteiger partial charge in [-0.3, -0.25) is 4.98 Å². The Balaban J connectivity index is 1.37. The number of amides is 1. The van der Waals surface area contributed by atoms with E-state index in [2.05, 4.69) is 20.4 Å². The molecule has 1 saturated heterocycles.